The number of hydrogen-bond acceptors (Lipinski definition) is 4. The number of rotatable bonds is 12. The van der Waals surface area contributed by atoms with E-state index in [1.54, 1.807) is 97.1 Å². The quantitative estimate of drug-likeness (QED) is 0.0694. The average Bonchev–Trinajstić information content (AvgIpc) is 0.923. The van der Waals surface area contributed by atoms with Crippen LogP contribution in [0.1, 0.15) is 22.3 Å². The number of hydrogen-bond donors (Lipinski definition) is 0. The lowest BCUT2D eigenvalue weighted by Crippen LogP contribution is -2.12. The Morgan fingerprint density at radius 1 is 0.300 bits per heavy atom. The first kappa shape index (κ1) is 77.1. The molecule has 0 amide bonds. The highest BCUT2D eigenvalue weighted by molar-refractivity contribution is 8.02. The van der Waals surface area contributed by atoms with Gasteiger partial charge in [0, 0.05) is 30.4 Å². The van der Waals surface area contributed by atoms with E-state index in [2.05, 4.69) is 0 Å². The third kappa shape index (κ3) is 23.4. The zero-order valence-corrected chi connectivity index (χ0v) is 56.3. The standard InChI is InChI=1S/2C15H8Cl3F3OS.2C15H8Cl3F3S/c2*16-12-6-9(7-13(17)14(12)18)11(15(19,20)21)8-23(22)10-4-2-1-3-5-10;2*16-12-6-9(7-13(17)14(12)18)11(15(19,20)21)8-22-10-4-2-1-3-5-10/h2*1-8H;2*1-8H/b11-8+;11-8-;11-8+;11-8-. The molecule has 0 spiro atoms. The van der Waals surface area contributed by atoms with Gasteiger partial charge in [0.25, 0.3) is 0 Å². The molecule has 0 bridgehead atoms. The van der Waals surface area contributed by atoms with Gasteiger partial charge in [-0.25, -0.2) is 8.42 Å². The molecule has 2 nitrogen and oxygen atoms in total. The van der Waals surface area contributed by atoms with Crippen molar-refractivity contribution in [3.05, 3.63) is 274 Å². The maximum atomic E-state index is 13.3. The zero-order valence-electron chi connectivity index (χ0n) is 44.0. The number of alkyl halides is 12. The molecule has 0 aliphatic heterocycles. The molecule has 0 radical (unpaired) electrons. The fraction of sp³-hybridized carbons (Fsp3) is 0.0667. The lowest BCUT2D eigenvalue weighted by atomic mass is 10.1. The Labute approximate surface area is 580 Å². The molecule has 30 heteroatoms. The normalized spacial score (nSPS) is 13.2. The van der Waals surface area contributed by atoms with Gasteiger partial charge in [-0.2, -0.15) is 52.7 Å². The maximum Gasteiger partial charge on any atom is 0.417 e. The molecule has 2 atom stereocenters. The van der Waals surface area contributed by atoms with Crippen LogP contribution in [-0.4, -0.2) is 33.1 Å². The van der Waals surface area contributed by atoms with E-state index in [4.69, 9.17) is 139 Å². The maximum absolute atomic E-state index is 13.3. The molecule has 90 heavy (non-hydrogen) atoms. The summed E-state index contributed by atoms with van der Waals surface area (Å²) in [6.45, 7) is 0. The van der Waals surface area contributed by atoms with E-state index in [-0.39, 0.29) is 92.3 Å². The minimum absolute atomic E-state index is 0.0240. The summed E-state index contributed by atoms with van der Waals surface area (Å²) in [6, 6.07) is 41.8. The molecule has 0 aliphatic rings. The first-order valence-corrected chi connectivity index (χ1v) is 32.8. The van der Waals surface area contributed by atoms with E-state index < -0.39 is 68.6 Å². The minimum Gasteiger partial charge on any atom is -0.250 e. The van der Waals surface area contributed by atoms with Crippen LogP contribution in [0.15, 0.2) is 211 Å². The van der Waals surface area contributed by atoms with Crippen molar-refractivity contribution in [2.24, 2.45) is 0 Å². The molecule has 2 unspecified atom stereocenters. The van der Waals surface area contributed by atoms with E-state index in [0.29, 0.717) is 20.6 Å². The van der Waals surface area contributed by atoms with Gasteiger partial charge in [0.2, 0.25) is 0 Å². The Kier molecular flexibility index (Phi) is 29.7. The topological polar surface area (TPSA) is 34.1 Å². The van der Waals surface area contributed by atoms with Crippen molar-refractivity contribution in [3.63, 3.8) is 0 Å². The van der Waals surface area contributed by atoms with Crippen molar-refractivity contribution >= 4 is 207 Å². The first-order valence-electron chi connectivity index (χ1n) is 24.0. The molecule has 8 aromatic rings. The summed E-state index contributed by atoms with van der Waals surface area (Å²) in [5, 5.41) is 2.75. The molecule has 0 N–H and O–H groups in total. The van der Waals surface area contributed by atoms with E-state index in [0.717, 1.165) is 82.9 Å². The van der Waals surface area contributed by atoms with Gasteiger partial charge in [0.1, 0.15) is 0 Å². The predicted octanol–water partition coefficient (Wildman–Crippen LogP) is 27.4. The summed E-state index contributed by atoms with van der Waals surface area (Å²) >= 11 is 71.3. The summed E-state index contributed by atoms with van der Waals surface area (Å²) in [4.78, 5) is 1.88. The second-order valence-corrected chi connectivity index (χ2v) is 26.5. The lowest BCUT2D eigenvalue weighted by molar-refractivity contribution is -0.0696. The Morgan fingerprint density at radius 3 is 0.689 bits per heavy atom. The van der Waals surface area contributed by atoms with Crippen LogP contribution >= 0.6 is 163 Å². The van der Waals surface area contributed by atoms with Gasteiger partial charge in [0.05, 0.1) is 104 Å². The summed E-state index contributed by atoms with van der Waals surface area (Å²) in [5.74, 6) is 0. The van der Waals surface area contributed by atoms with Crippen LogP contribution in [0.25, 0.3) is 22.3 Å². The molecule has 476 valence electrons. The van der Waals surface area contributed by atoms with Gasteiger partial charge in [0.15, 0.2) is 0 Å². The SMILES string of the molecule is FC(F)(F)/C(=C/Sc1ccccc1)c1cc(Cl)c(Cl)c(Cl)c1.FC(F)(F)/C(=C\Sc1ccccc1)c1cc(Cl)c(Cl)c(Cl)c1.O=S(/C=C(/c1cc(Cl)c(Cl)c(Cl)c1)C(F)(F)F)c1ccccc1.O=S(/C=C(\c1cc(Cl)c(Cl)c(Cl)c1)C(F)(F)F)c1ccccc1. The van der Waals surface area contributed by atoms with E-state index >= 15 is 0 Å². The van der Waals surface area contributed by atoms with E-state index in [1.165, 1.54) is 24.3 Å². The van der Waals surface area contributed by atoms with Gasteiger partial charge >= 0.3 is 24.7 Å². The Morgan fingerprint density at radius 2 is 0.489 bits per heavy atom. The van der Waals surface area contributed by atoms with Crippen LogP contribution in [0.3, 0.4) is 0 Å². The molecular weight excluding hydrogens is 1530 g/mol. The number of halogens is 24. The molecule has 0 aromatic heterocycles. The van der Waals surface area contributed by atoms with Crippen molar-refractivity contribution < 1.29 is 61.1 Å². The minimum atomic E-state index is -4.73. The van der Waals surface area contributed by atoms with Crippen molar-refractivity contribution in [2.75, 3.05) is 0 Å². The van der Waals surface area contributed by atoms with Crippen molar-refractivity contribution in [3.8, 4) is 0 Å². The number of thioether (sulfide) groups is 2. The molecule has 0 saturated carbocycles. The molecule has 0 heterocycles. The van der Waals surface area contributed by atoms with Gasteiger partial charge in [-0.1, -0.05) is 236 Å². The third-order valence-electron chi connectivity index (χ3n) is 10.9. The highest BCUT2D eigenvalue weighted by Gasteiger charge is 2.39. The molecule has 8 aromatic carbocycles. The predicted molar refractivity (Wildman–Crippen MR) is 352 cm³/mol. The Hall–Kier alpha value is -3.64. The smallest absolute Gasteiger partial charge is 0.250 e. The first-order chi connectivity index (χ1) is 42.0. The monoisotopic (exact) mass is 1560 g/mol. The van der Waals surface area contributed by atoms with E-state index in [9.17, 15) is 61.1 Å². The highest BCUT2D eigenvalue weighted by Crippen LogP contribution is 2.45. The second kappa shape index (κ2) is 34.7. The average molecular weight is 1570 g/mol. The summed E-state index contributed by atoms with van der Waals surface area (Å²) < 4.78 is 184. The Balaban J connectivity index is 0.000000218. The molecular formula is C60H32Cl12F12O2S4. The van der Waals surface area contributed by atoms with Gasteiger partial charge < -0.3 is 0 Å². The second-order valence-electron chi connectivity index (χ2n) is 17.2. The highest BCUT2D eigenvalue weighted by atomic mass is 35.5. The number of benzene rings is 8. The molecule has 0 saturated heterocycles. The van der Waals surface area contributed by atoms with Crippen LogP contribution in [0, 0.1) is 0 Å². The van der Waals surface area contributed by atoms with Crippen LogP contribution in [0.2, 0.25) is 60.3 Å². The lowest BCUT2D eigenvalue weighted by Gasteiger charge is -2.13. The van der Waals surface area contributed by atoms with Crippen LogP contribution < -0.4 is 0 Å². The fourth-order valence-corrected chi connectivity index (χ4v) is 12.9. The van der Waals surface area contributed by atoms with Crippen LogP contribution in [0.5, 0.6) is 0 Å². The number of allylic oxidation sites excluding steroid dienone is 4. The van der Waals surface area contributed by atoms with Crippen LogP contribution in [-0.2, 0) is 21.6 Å². The summed E-state index contributed by atoms with van der Waals surface area (Å²) in [6.07, 6.45) is -18.5. The van der Waals surface area contributed by atoms with Gasteiger partial charge in [-0.15, -0.1) is 0 Å². The van der Waals surface area contributed by atoms with Crippen molar-refractivity contribution in [2.45, 2.75) is 44.3 Å². The van der Waals surface area contributed by atoms with Gasteiger partial charge in [-0.3, -0.25) is 0 Å². The largest absolute Gasteiger partial charge is 0.417 e. The van der Waals surface area contributed by atoms with Gasteiger partial charge in [-0.05, 0) is 130 Å². The molecule has 0 aliphatic carbocycles. The molecule has 8 rings (SSSR count). The summed E-state index contributed by atoms with van der Waals surface area (Å²) in [5.41, 5.74) is -4.73. The van der Waals surface area contributed by atoms with E-state index in [1.807, 2.05) is 0 Å². The van der Waals surface area contributed by atoms with Crippen LogP contribution in [0.4, 0.5) is 52.7 Å². The van der Waals surface area contributed by atoms with Crippen molar-refractivity contribution in [1.82, 2.24) is 0 Å². The summed E-state index contributed by atoms with van der Waals surface area (Å²) in [7, 11) is -3.96. The Bertz CT molecular complexity index is 3620. The third-order valence-corrected chi connectivity index (χ3v) is 19.9. The van der Waals surface area contributed by atoms with Crippen molar-refractivity contribution in [1.29, 1.82) is 0 Å². The molecule has 0 fully saturated rings. The fourth-order valence-electron chi connectivity index (χ4n) is 6.75. The zero-order chi connectivity index (χ0) is 67.1.